The first-order valence-corrected chi connectivity index (χ1v) is 6.76. The van der Waals surface area contributed by atoms with Crippen molar-refractivity contribution in [2.24, 2.45) is 0 Å². The van der Waals surface area contributed by atoms with Crippen LogP contribution >= 0.6 is 12.2 Å². The topological polar surface area (TPSA) is 75.1 Å². The molecule has 2 rings (SSSR count). The molecule has 0 amide bonds. The monoisotopic (exact) mass is 344 g/mol. The fourth-order valence-corrected chi connectivity index (χ4v) is 2.44. The summed E-state index contributed by atoms with van der Waals surface area (Å²) >= 11 is 5.00. The smallest absolute Gasteiger partial charge is 0.416 e. The van der Waals surface area contributed by atoms with Crippen molar-refractivity contribution in [2.75, 3.05) is 0 Å². The number of aromatic amines is 1. The molecular formula is C14H11F3N2O3S. The van der Waals surface area contributed by atoms with Crippen molar-refractivity contribution in [3.05, 3.63) is 56.2 Å². The van der Waals surface area contributed by atoms with Gasteiger partial charge >= 0.3 is 12.1 Å². The standard InChI is InChI=1S/C14H11F3N2O3S/c1-7-10(6-11(20)21)12(22)19(13(23)18-7)9-4-2-3-8(5-9)14(15,16)17/h2-5H,6H2,1H3,(H,18,23)(H,20,21). The van der Waals surface area contributed by atoms with Crippen LogP contribution in [-0.2, 0) is 17.4 Å². The van der Waals surface area contributed by atoms with Crippen LogP contribution in [0.4, 0.5) is 13.2 Å². The lowest BCUT2D eigenvalue weighted by molar-refractivity contribution is -0.138. The minimum atomic E-state index is -4.57. The van der Waals surface area contributed by atoms with Crippen LogP contribution in [0.25, 0.3) is 5.69 Å². The summed E-state index contributed by atoms with van der Waals surface area (Å²) in [7, 11) is 0. The number of nitrogens with zero attached hydrogens (tertiary/aromatic N) is 1. The Morgan fingerprint density at radius 1 is 1.39 bits per heavy atom. The number of aryl methyl sites for hydroxylation is 1. The molecular weight excluding hydrogens is 333 g/mol. The van der Waals surface area contributed by atoms with Gasteiger partial charge in [0.05, 0.1) is 17.7 Å². The number of alkyl halides is 3. The molecule has 5 nitrogen and oxygen atoms in total. The van der Waals surface area contributed by atoms with E-state index < -0.39 is 29.7 Å². The van der Waals surface area contributed by atoms with Gasteiger partial charge in [-0.15, -0.1) is 0 Å². The van der Waals surface area contributed by atoms with Crippen molar-refractivity contribution in [1.29, 1.82) is 0 Å². The summed E-state index contributed by atoms with van der Waals surface area (Å²) < 4.78 is 39.2. The molecule has 0 saturated heterocycles. The van der Waals surface area contributed by atoms with E-state index in [0.29, 0.717) is 0 Å². The van der Waals surface area contributed by atoms with Crippen LogP contribution in [0, 0.1) is 11.7 Å². The number of carbonyl (C=O) groups is 1. The average Bonchev–Trinajstić information content (AvgIpc) is 2.42. The van der Waals surface area contributed by atoms with E-state index >= 15 is 0 Å². The summed E-state index contributed by atoms with van der Waals surface area (Å²) in [6.07, 6.45) is -5.13. The molecule has 0 aliphatic heterocycles. The van der Waals surface area contributed by atoms with Crippen LogP contribution in [0.2, 0.25) is 0 Å². The Bertz CT molecular complexity index is 884. The molecule has 0 aliphatic carbocycles. The predicted octanol–water partition coefficient (Wildman–Crippen LogP) is 2.85. The lowest BCUT2D eigenvalue weighted by Crippen LogP contribution is -2.27. The molecule has 0 radical (unpaired) electrons. The lowest BCUT2D eigenvalue weighted by Gasteiger charge is -2.13. The maximum absolute atomic E-state index is 12.8. The van der Waals surface area contributed by atoms with Gasteiger partial charge in [0.2, 0.25) is 0 Å². The molecule has 2 aromatic rings. The van der Waals surface area contributed by atoms with Crippen molar-refractivity contribution >= 4 is 18.2 Å². The van der Waals surface area contributed by atoms with E-state index in [0.717, 1.165) is 22.8 Å². The van der Waals surface area contributed by atoms with Gasteiger partial charge in [-0.25, -0.2) is 0 Å². The number of nitrogens with one attached hydrogen (secondary N) is 1. The molecule has 0 unspecified atom stereocenters. The van der Waals surface area contributed by atoms with Gasteiger partial charge in [-0.1, -0.05) is 6.07 Å². The van der Waals surface area contributed by atoms with Gasteiger partial charge in [-0.3, -0.25) is 14.2 Å². The van der Waals surface area contributed by atoms with Gasteiger partial charge in [-0.05, 0) is 37.3 Å². The van der Waals surface area contributed by atoms with Gasteiger partial charge in [0, 0.05) is 11.3 Å². The molecule has 0 saturated carbocycles. The van der Waals surface area contributed by atoms with Crippen LogP contribution in [0.15, 0.2) is 29.1 Å². The third-order valence-electron chi connectivity index (χ3n) is 3.17. The van der Waals surface area contributed by atoms with E-state index in [2.05, 4.69) is 4.98 Å². The second-order valence-corrected chi connectivity index (χ2v) is 5.18. The number of hydrogen-bond donors (Lipinski definition) is 2. The van der Waals surface area contributed by atoms with Gasteiger partial charge < -0.3 is 10.1 Å². The molecule has 0 fully saturated rings. The quantitative estimate of drug-likeness (QED) is 0.840. The zero-order valence-corrected chi connectivity index (χ0v) is 12.6. The molecule has 0 bridgehead atoms. The van der Waals surface area contributed by atoms with Crippen LogP contribution in [0.5, 0.6) is 0 Å². The molecule has 1 heterocycles. The van der Waals surface area contributed by atoms with Crippen molar-refractivity contribution in [3.8, 4) is 5.69 Å². The van der Waals surface area contributed by atoms with Crippen LogP contribution in [0.3, 0.4) is 0 Å². The molecule has 0 aliphatic rings. The first-order valence-electron chi connectivity index (χ1n) is 6.35. The largest absolute Gasteiger partial charge is 0.481 e. The highest BCUT2D eigenvalue weighted by Crippen LogP contribution is 2.30. The Hall–Kier alpha value is -2.42. The van der Waals surface area contributed by atoms with Crippen molar-refractivity contribution in [2.45, 2.75) is 19.5 Å². The minimum Gasteiger partial charge on any atom is -0.481 e. The zero-order chi connectivity index (χ0) is 17.4. The van der Waals surface area contributed by atoms with Crippen molar-refractivity contribution in [3.63, 3.8) is 0 Å². The number of rotatable bonds is 3. The number of hydrogen-bond acceptors (Lipinski definition) is 3. The number of carboxylic acids is 1. The SMILES string of the molecule is Cc1[nH]c(=S)n(-c2cccc(C(F)(F)F)c2)c(=O)c1CC(=O)O. The summed E-state index contributed by atoms with van der Waals surface area (Å²) in [6.45, 7) is 1.48. The van der Waals surface area contributed by atoms with E-state index in [1.165, 1.54) is 13.0 Å². The highest BCUT2D eigenvalue weighted by Gasteiger charge is 2.30. The summed E-state index contributed by atoms with van der Waals surface area (Å²) in [5, 5.41) is 8.86. The van der Waals surface area contributed by atoms with Crippen LogP contribution in [0.1, 0.15) is 16.8 Å². The number of H-pyrrole nitrogens is 1. The highest BCUT2D eigenvalue weighted by atomic mass is 32.1. The van der Waals surface area contributed by atoms with Crippen LogP contribution < -0.4 is 5.56 Å². The summed E-state index contributed by atoms with van der Waals surface area (Å²) in [4.78, 5) is 25.9. The first kappa shape index (κ1) is 16.9. The third-order valence-corrected chi connectivity index (χ3v) is 3.46. The Kier molecular flexibility index (Phi) is 4.42. The minimum absolute atomic E-state index is 0.0662. The van der Waals surface area contributed by atoms with Crippen molar-refractivity contribution in [1.82, 2.24) is 9.55 Å². The third kappa shape index (κ3) is 3.50. The highest BCUT2D eigenvalue weighted by molar-refractivity contribution is 7.71. The summed E-state index contributed by atoms with van der Waals surface area (Å²) in [6, 6.07) is 4.09. The van der Waals surface area contributed by atoms with E-state index in [9.17, 15) is 22.8 Å². The molecule has 1 aromatic carbocycles. The predicted molar refractivity (Wildman–Crippen MR) is 78.3 cm³/mol. The van der Waals surface area contributed by atoms with Gasteiger partial charge in [-0.2, -0.15) is 13.2 Å². The number of benzene rings is 1. The molecule has 2 N–H and O–H groups in total. The van der Waals surface area contributed by atoms with Gasteiger partial charge in [0.25, 0.3) is 5.56 Å². The molecule has 23 heavy (non-hydrogen) atoms. The molecule has 122 valence electrons. The number of aromatic nitrogens is 2. The Morgan fingerprint density at radius 2 is 2.04 bits per heavy atom. The normalized spacial score (nSPS) is 11.5. The summed E-state index contributed by atoms with van der Waals surface area (Å²) in [5.41, 5.74) is -1.57. The van der Waals surface area contributed by atoms with Crippen LogP contribution in [-0.4, -0.2) is 20.6 Å². The molecule has 0 atom stereocenters. The van der Waals surface area contributed by atoms with Gasteiger partial charge in [0.15, 0.2) is 4.77 Å². The maximum Gasteiger partial charge on any atom is 0.416 e. The van der Waals surface area contributed by atoms with E-state index in [1.54, 1.807) is 0 Å². The Morgan fingerprint density at radius 3 is 2.61 bits per heavy atom. The Labute approximate surface area is 133 Å². The van der Waals surface area contributed by atoms with Crippen molar-refractivity contribution < 1.29 is 23.1 Å². The molecule has 1 aromatic heterocycles. The van der Waals surface area contributed by atoms with E-state index in [4.69, 9.17) is 17.3 Å². The van der Waals surface area contributed by atoms with E-state index in [-0.39, 0.29) is 21.7 Å². The average molecular weight is 344 g/mol. The first-order chi connectivity index (χ1) is 10.6. The second kappa shape index (κ2) is 5.99. The Balaban J connectivity index is 2.72. The number of aliphatic carboxylic acids is 1. The molecule has 9 heteroatoms. The fourth-order valence-electron chi connectivity index (χ4n) is 2.09. The van der Waals surface area contributed by atoms with E-state index in [1.807, 2.05) is 0 Å². The second-order valence-electron chi connectivity index (χ2n) is 4.79. The maximum atomic E-state index is 12.8. The molecule has 0 spiro atoms. The van der Waals surface area contributed by atoms with Gasteiger partial charge in [0.1, 0.15) is 0 Å². The zero-order valence-electron chi connectivity index (χ0n) is 11.8. The number of carboxylic acid groups (broad SMARTS) is 1. The number of halogens is 3. The fraction of sp³-hybridized carbons (Fsp3) is 0.214. The lowest BCUT2D eigenvalue weighted by atomic mass is 10.1. The summed E-state index contributed by atoms with van der Waals surface area (Å²) in [5.74, 6) is -1.23.